The van der Waals surface area contributed by atoms with Gasteiger partial charge in [0.1, 0.15) is 0 Å². The van der Waals surface area contributed by atoms with Crippen molar-refractivity contribution < 1.29 is 13.2 Å². The summed E-state index contributed by atoms with van der Waals surface area (Å²) >= 11 is 3.32. The Bertz CT molecular complexity index is 604. The number of halogens is 2. The summed E-state index contributed by atoms with van der Waals surface area (Å²) in [4.78, 5) is 0.308. The topological polar surface area (TPSA) is 67.4 Å². The molecule has 2 rings (SSSR count). The predicted octanol–water partition coefficient (Wildman–Crippen LogP) is 2.23. The van der Waals surface area contributed by atoms with Gasteiger partial charge in [0.25, 0.3) is 0 Å². The van der Waals surface area contributed by atoms with Crippen LogP contribution in [0.25, 0.3) is 0 Å². The van der Waals surface area contributed by atoms with Crippen molar-refractivity contribution in [3.8, 4) is 0 Å². The van der Waals surface area contributed by atoms with Crippen molar-refractivity contribution >= 4 is 38.4 Å². The molecule has 126 valence electrons. The molecule has 1 aromatic rings. The Morgan fingerprint density at radius 3 is 2.77 bits per heavy atom. The Hall–Kier alpha value is -0.180. The number of ether oxygens (including phenoxy) is 1. The van der Waals surface area contributed by atoms with E-state index in [0.29, 0.717) is 18.0 Å². The van der Waals surface area contributed by atoms with Crippen molar-refractivity contribution in [3.05, 3.63) is 28.2 Å². The average molecular weight is 414 g/mol. The minimum atomic E-state index is -3.53. The van der Waals surface area contributed by atoms with Crippen LogP contribution in [0, 0.1) is 6.92 Å². The molecule has 0 aliphatic carbocycles. The third kappa shape index (κ3) is 4.66. The third-order valence-electron chi connectivity index (χ3n) is 3.79. The average Bonchev–Trinajstić information content (AvgIpc) is 2.89. The van der Waals surface area contributed by atoms with E-state index in [1.54, 1.807) is 26.2 Å². The van der Waals surface area contributed by atoms with Gasteiger partial charge in [-0.1, -0.05) is 22.0 Å². The number of methoxy groups -OCH3 is 1. The standard InChI is InChI=1S/C14H21BrN2O3S.ClH/c1-11-4-5-12(15)8-13(11)21(18,19)17-9-14(10-20-2)6-3-7-16-14;/h4-5,8,16-17H,3,6-7,9-10H2,1-2H3;1H. The molecule has 1 aliphatic rings. The number of rotatable bonds is 6. The Morgan fingerprint density at radius 1 is 1.45 bits per heavy atom. The van der Waals surface area contributed by atoms with Crippen LogP contribution < -0.4 is 10.0 Å². The van der Waals surface area contributed by atoms with Crippen molar-refractivity contribution in [2.45, 2.75) is 30.2 Å². The van der Waals surface area contributed by atoms with Gasteiger partial charge in [0, 0.05) is 18.1 Å². The van der Waals surface area contributed by atoms with Crippen LogP contribution in [-0.2, 0) is 14.8 Å². The number of sulfonamides is 1. The maximum Gasteiger partial charge on any atom is 0.240 e. The van der Waals surface area contributed by atoms with Gasteiger partial charge < -0.3 is 10.1 Å². The van der Waals surface area contributed by atoms with Gasteiger partial charge in [0.2, 0.25) is 10.0 Å². The summed E-state index contributed by atoms with van der Waals surface area (Å²) in [7, 11) is -1.90. The summed E-state index contributed by atoms with van der Waals surface area (Å²) in [5.41, 5.74) is 0.424. The van der Waals surface area contributed by atoms with E-state index in [4.69, 9.17) is 4.74 Å². The molecule has 1 fully saturated rings. The number of benzene rings is 1. The molecule has 1 unspecified atom stereocenters. The Balaban J connectivity index is 0.00000242. The number of hydrogen-bond donors (Lipinski definition) is 2. The van der Waals surface area contributed by atoms with Gasteiger partial charge in [-0.25, -0.2) is 13.1 Å². The summed E-state index contributed by atoms with van der Waals surface area (Å²) < 4.78 is 33.7. The summed E-state index contributed by atoms with van der Waals surface area (Å²) in [6.45, 7) is 3.50. The summed E-state index contributed by atoms with van der Waals surface area (Å²) in [6, 6.07) is 5.25. The van der Waals surface area contributed by atoms with Crippen LogP contribution in [0.3, 0.4) is 0 Å². The second kappa shape index (κ2) is 8.08. The van der Waals surface area contributed by atoms with E-state index < -0.39 is 10.0 Å². The fourth-order valence-electron chi connectivity index (χ4n) is 2.64. The summed E-state index contributed by atoms with van der Waals surface area (Å²) in [5, 5.41) is 3.36. The largest absolute Gasteiger partial charge is 0.383 e. The van der Waals surface area contributed by atoms with E-state index in [-0.39, 0.29) is 17.9 Å². The van der Waals surface area contributed by atoms with Gasteiger partial charge in [-0.2, -0.15) is 0 Å². The van der Waals surface area contributed by atoms with Crippen molar-refractivity contribution in [2.75, 3.05) is 26.8 Å². The summed E-state index contributed by atoms with van der Waals surface area (Å²) in [6.07, 6.45) is 1.93. The first-order chi connectivity index (χ1) is 9.88. The minimum Gasteiger partial charge on any atom is -0.383 e. The zero-order chi connectivity index (χ0) is 15.5. The predicted molar refractivity (Wildman–Crippen MR) is 93.2 cm³/mol. The summed E-state index contributed by atoms with van der Waals surface area (Å²) in [5.74, 6) is 0. The first-order valence-electron chi connectivity index (χ1n) is 6.88. The maximum absolute atomic E-state index is 12.5. The molecule has 1 aliphatic heterocycles. The molecule has 0 bridgehead atoms. The van der Waals surface area contributed by atoms with Gasteiger partial charge in [0.05, 0.1) is 17.0 Å². The number of hydrogen-bond acceptors (Lipinski definition) is 4. The van der Waals surface area contributed by atoms with Gasteiger partial charge in [-0.15, -0.1) is 12.4 Å². The van der Waals surface area contributed by atoms with Crippen LogP contribution in [-0.4, -0.2) is 40.8 Å². The lowest BCUT2D eigenvalue weighted by Crippen LogP contribution is -2.52. The molecule has 1 aromatic carbocycles. The molecular formula is C14H22BrClN2O3S. The SMILES string of the molecule is COCC1(CNS(=O)(=O)c2cc(Br)ccc2C)CCCN1.Cl. The molecule has 8 heteroatoms. The van der Waals surface area contributed by atoms with Crippen LogP contribution in [0.1, 0.15) is 18.4 Å². The molecule has 0 saturated carbocycles. The highest BCUT2D eigenvalue weighted by molar-refractivity contribution is 9.10. The van der Waals surface area contributed by atoms with Crippen molar-refractivity contribution in [1.82, 2.24) is 10.0 Å². The molecule has 2 N–H and O–H groups in total. The van der Waals surface area contributed by atoms with E-state index in [1.807, 2.05) is 6.07 Å². The van der Waals surface area contributed by atoms with E-state index in [1.165, 1.54) is 0 Å². The monoisotopic (exact) mass is 412 g/mol. The highest BCUT2D eigenvalue weighted by Crippen LogP contribution is 2.23. The van der Waals surface area contributed by atoms with Crippen LogP contribution in [0.15, 0.2) is 27.6 Å². The minimum absolute atomic E-state index is 0. The maximum atomic E-state index is 12.5. The second-order valence-electron chi connectivity index (χ2n) is 5.48. The Kier molecular flexibility index (Phi) is 7.29. The van der Waals surface area contributed by atoms with Crippen molar-refractivity contribution in [3.63, 3.8) is 0 Å². The zero-order valence-corrected chi connectivity index (χ0v) is 15.9. The lowest BCUT2D eigenvalue weighted by molar-refractivity contribution is 0.122. The highest BCUT2D eigenvalue weighted by Gasteiger charge is 2.35. The van der Waals surface area contributed by atoms with Crippen molar-refractivity contribution in [2.24, 2.45) is 0 Å². The molecule has 1 heterocycles. The zero-order valence-electron chi connectivity index (χ0n) is 12.7. The Morgan fingerprint density at radius 2 is 2.18 bits per heavy atom. The Labute approximate surface area is 146 Å². The van der Waals surface area contributed by atoms with Crippen LogP contribution in [0.2, 0.25) is 0 Å². The lowest BCUT2D eigenvalue weighted by atomic mass is 9.99. The van der Waals surface area contributed by atoms with E-state index in [0.717, 1.165) is 29.4 Å². The molecule has 0 radical (unpaired) electrons. The van der Waals surface area contributed by atoms with Crippen LogP contribution in [0.4, 0.5) is 0 Å². The molecule has 5 nitrogen and oxygen atoms in total. The quantitative estimate of drug-likeness (QED) is 0.750. The first-order valence-corrected chi connectivity index (χ1v) is 9.16. The highest BCUT2D eigenvalue weighted by atomic mass is 79.9. The smallest absolute Gasteiger partial charge is 0.240 e. The van der Waals surface area contributed by atoms with E-state index in [2.05, 4.69) is 26.0 Å². The molecule has 1 atom stereocenters. The molecule has 1 saturated heterocycles. The fraction of sp³-hybridized carbons (Fsp3) is 0.571. The number of aryl methyl sites for hydroxylation is 1. The van der Waals surface area contributed by atoms with Crippen LogP contribution >= 0.6 is 28.3 Å². The van der Waals surface area contributed by atoms with Gasteiger partial charge in [-0.05, 0) is 44.0 Å². The molecule has 0 aromatic heterocycles. The van der Waals surface area contributed by atoms with Gasteiger partial charge in [0.15, 0.2) is 0 Å². The second-order valence-corrected chi connectivity index (χ2v) is 8.13. The van der Waals surface area contributed by atoms with Gasteiger partial charge in [-0.3, -0.25) is 0 Å². The van der Waals surface area contributed by atoms with E-state index in [9.17, 15) is 8.42 Å². The lowest BCUT2D eigenvalue weighted by Gasteiger charge is -2.29. The fourth-order valence-corrected chi connectivity index (χ4v) is 4.55. The van der Waals surface area contributed by atoms with E-state index >= 15 is 0 Å². The molecular weight excluding hydrogens is 392 g/mol. The van der Waals surface area contributed by atoms with Gasteiger partial charge >= 0.3 is 0 Å². The van der Waals surface area contributed by atoms with Crippen LogP contribution in [0.5, 0.6) is 0 Å². The normalized spacial score (nSPS) is 21.6. The van der Waals surface area contributed by atoms with Crippen molar-refractivity contribution in [1.29, 1.82) is 0 Å². The molecule has 0 spiro atoms. The molecule has 0 amide bonds. The number of nitrogens with one attached hydrogen (secondary N) is 2. The first kappa shape index (κ1) is 19.9. The molecule has 22 heavy (non-hydrogen) atoms. The third-order valence-corrected chi connectivity index (χ3v) is 5.83.